The number of rotatable bonds is 4. The van der Waals surface area contributed by atoms with Crippen LogP contribution in [0.4, 0.5) is 0 Å². The maximum Gasteiger partial charge on any atom is 0.325 e. The Hall–Kier alpha value is -0.180. The molecule has 0 aliphatic rings. The highest BCUT2D eigenvalue weighted by atomic mass is 31.2. The van der Waals surface area contributed by atoms with Gasteiger partial charge in [-0.2, -0.15) is 0 Å². The van der Waals surface area contributed by atoms with E-state index in [0.717, 1.165) is 0 Å². The maximum atomic E-state index is 11.3. The molecule has 0 saturated carbocycles. The molecule has 0 radical (unpaired) electrons. The summed E-state index contributed by atoms with van der Waals surface area (Å²) in [5.41, 5.74) is -0.408. The van der Waals surface area contributed by atoms with Crippen molar-refractivity contribution in [3.05, 3.63) is 0 Å². The molecule has 2 N–H and O–H groups in total. The molecule has 0 aromatic rings. The van der Waals surface area contributed by atoms with Crippen LogP contribution in [0.3, 0.4) is 0 Å². The third-order valence-electron chi connectivity index (χ3n) is 1.69. The fourth-order valence-electron chi connectivity index (χ4n) is 0.821. The zero-order valence-electron chi connectivity index (χ0n) is 8.28. The lowest BCUT2D eigenvalue weighted by molar-refractivity contribution is -0.126. The molecule has 5 heteroatoms. The van der Waals surface area contributed by atoms with Gasteiger partial charge in [0, 0.05) is 11.8 Å². The van der Waals surface area contributed by atoms with Crippen LogP contribution < -0.4 is 0 Å². The Bertz CT molecular complexity index is 223. The van der Waals surface area contributed by atoms with Crippen LogP contribution in [0.15, 0.2) is 0 Å². The van der Waals surface area contributed by atoms with Gasteiger partial charge in [-0.3, -0.25) is 9.36 Å². The first-order chi connectivity index (χ1) is 5.63. The predicted octanol–water partition coefficient (Wildman–Crippen LogP) is 1.56. The first-order valence-corrected chi connectivity index (χ1v) is 6.00. The van der Waals surface area contributed by atoms with Gasteiger partial charge < -0.3 is 9.79 Å². The molecule has 0 unspecified atom stereocenters. The molecule has 0 aromatic carbocycles. The largest absolute Gasteiger partial charge is 0.325 e. The predicted molar refractivity (Wildman–Crippen MR) is 50.6 cm³/mol. The first-order valence-electron chi connectivity index (χ1n) is 4.21. The van der Waals surface area contributed by atoms with E-state index in [2.05, 4.69) is 0 Å². The Morgan fingerprint density at radius 3 is 2.08 bits per heavy atom. The zero-order chi connectivity index (χ0) is 10.7. The van der Waals surface area contributed by atoms with Crippen LogP contribution in [-0.4, -0.2) is 21.7 Å². The summed E-state index contributed by atoms with van der Waals surface area (Å²) in [5.74, 6) is 0.0425. The second-order valence-electron chi connectivity index (χ2n) is 4.17. The molecule has 0 aliphatic heterocycles. The highest BCUT2D eigenvalue weighted by Gasteiger charge is 2.21. The van der Waals surface area contributed by atoms with Crippen molar-refractivity contribution in [3.8, 4) is 0 Å². The average molecular weight is 208 g/mol. The summed E-state index contributed by atoms with van der Waals surface area (Å²) in [7, 11) is -3.93. The standard InChI is InChI=1S/C8H17O4P/c1-8(2,3)7(9)5-4-6-13(10,11)12/h4-6H2,1-3H3,(H2,10,11,12). The molecule has 0 aromatic heterocycles. The van der Waals surface area contributed by atoms with Crippen molar-refractivity contribution in [3.63, 3.8) is 0 Å². The number of hydrogen-bond donors (Lipinski definition) is 2. The fourth-order valence-corrected chi connectivity index (χ4v) is 1.39. The lowest BCUT2D eigenvalue weighted by atomic mass is 9.88. The third kappa shape index (κ3) is 6.94. The normalized spacial score (nSPS) is 13.0. The number of carbonyl (C=O) groups is 1. The quantitative estimate of drug-likeness (QED) is 0.687. The fraction of sp³-hybridized carbons (Fsp3) is 0.875. The smallest absolute Gasteiger partial charge is 0.324 e. The molecule has 0 amide bonds. The Morgan fingerprint density at radius 1 is 1.31 bits per heavy atom. The highest BCUT2D eigenvalue weighted by Crippen LogP contribution is 2.35. The van der Waals surface area contributed by atoms with Crippen molar-refractivity contribution < 1.29 is 19.1 Å². The van der Waals surface area contributed by atoms with Crippen molar-refractivity contribution in [1.29, 1.82) is 0 Å². The van der Waals surface area contributed by atoms with Crippen LogP contribution in [0.1, 0.15) is 33.6 Å². The van der Waals surface area contributed by atoms with Gasteiger partial charge in [-0.05, 0) is 6.42 Å². The summed E-state index contributed by atoms with van der Waals surface area (Å²) >= 11 is 0. The minimum Gasteiger partial charge on any atom is -0.324 e. The number of hydrogen-bond acceptors (Lipinski definition) is 2. The Balaban J connectivity index is 3.80. The minimum atomic E-state index is -3.93. The van der Waals surface area contributed by atoms with Gasteiger partial charge in [0.2, 0.25) is 0 Å². The van der Waals surface area contributed by atoms with Gasteiger partial charge in [0.15, 0.2) is 0 Å². The molecule has 78 valence electrons. The summed E-state index contributed by atoms with van der Waals surface area (Å²) in [4.78, 5) is 28.4. The lowest BCUT2D eigenvalue weighted by Gasteiger charge is -2.16. The Kier molecular flexibility index (Phi) is 4.30. The van der Waals surface area contributed by atoms with E-state index in [4.69, 9.17) is 9.79 Å². The zero-order valence-corrected chi connectivity index (χ0v) is 9.17. The van der Waals surface area contributed by atoms with Gasteiger partial charge in [-0.15, -0.1) is 0 Å². The number of ketones is 1. The number of Topliss-reactive ketones (excluding diaryl/α,β-unsaturated/α-hetero) is 1. The molecule has 13 heavy (non-hydrogen) atoms. The van der Waals surface area contributed by atoms with Crippen molar-refractivity contribution >= 4 is 13.4 Å². The van der Waals surface area contributed by atoms with Gasteiger partial charge in [-0.1, -0.05) is 20.8 Å². The maximum absolute atomic E-state index is 11.3. The van der Waals surface area contributed by atoms with Crippen LogP contribution in [0, 0.1) is 5.41 Å². The highest BCUT2D eigenvalue weighted by molar-refractivity contribution is 7.51. The molecule has 0 saturated heterocycles. The molecular formula is C8H17O4P. The van der Waals surface area contributed by atoms with E-state index in [1.807, 2.05) is 0 Å². The molecule has 0 bridgehead atoms. The molecule has 0 aliphatic carbocycles. The summed E-state index contributed by atoms with van der Waals surface area (Å²) in [6.45, 7) is 5.40. The first kappa shape index (κ1) is 12.8. The molecule has 0 atom stereocenters. The molecule has 0 heterocycles. The summed E-state index contributed by atoms with van der Waals surface area (Å²) in [5, 5.41) is 0. The van der Waals surface area contributed by atoms with Crippen molar-refractivity contribution in [2.24, 2.45) is 5.41 Å². The van der Waals surface area contributed by atoms with Gasteiger partial charge in [0.1, 0.15) is 5.78 Å². The third-order valence-corrected chi connectivity index (χ3v) is 2.59. The lowest BCUT2D eigenvalue weighted by Crippen LogP contribution is -2.19. The topological polar surface area (TPSA) is 74.6 Å². The monoisotopic (exact) mass is 208 g/mol. The van der Waals surface area contributed by atoms with Gasteiger partial charge >= 0.3 is 7.60 Å². The summed E-state index contributed by atoms with van der Waals surface area (Å²) in [6, 6.07) is 0. The van der Waals surface area contributed by atoms with Crippen molar-refractivity contribution in [2.45, 2.75) is 33.6 Å². The molecule has 0 fully saturated rings. The van der Waals surface area contributed by atoms with E-state index in [1.165, 1.54) is 0 Å². The van der Waals surface area contributed by atoms with Crippen LogP contribution in [0.25, 0.3) is 0 Å². The summed E-state index contributed by atoms with van der Waals surface area (Å²) in [6.07, 6.45) is 0.309. The van der Waals surface area contributed by atoms with E-state index in [9.17, 15) is 9.36 Å². The van der Waals surface area contributed by atoms with E-state index in [1.54, 1.807) is 20.8 Å². The minimum absolute atomic E-state index is 0.0425. The second kappa shape index (κ2) is 4.36. The van der Waals surface area contributed by atoms with Crippen LogP contribution >= 0.6 is 7.60 Å². The average Bonchev–Trinajstić information content (AvgIpc) is 1.82. The SMILES string of the molecule is CC(C)(C)C(=O)CCCP(=O)(O)O. The van der Waals surface area contributed by atoms with Gasteiger partial charge in [-0.25, -0.2) is 0 Å². The van der Waals surface area contributed by atoms with E-state index in [0.29, 0.717) is 0 Å². The molecular weight excluding hydrogens is 191 g/mol. The van der Waals surface area contributed by atoms with Crippen LogP contribution in [-0.2, 0) is 9.36 Å². The Labute approximate surface area is 78.5 Å². The van der Waals surface area contributed by atoms with Gasteiger partial charge in [0.05, 0.1) is 6.16 Å². The molecule has 0 rings (SSSR count). The Morgan fingerprint density at radius 2 is 1.77 bits per heavy atom. The van der Waals surface area contributed by atoms with E-state index >= 15 is 0 Å². The number of carbonyl (C=O) groups excluding carboxylic acids is 1. The van der Waals surface area contributed by atoms with Gasteiger partial charge in [0.25, 0.3) is 0 Å². The van der Waals surface area contributed by atoms with Crippen LogP contribution in [0.5, 0.6) is 0 Å². The van der Waals surface area contributed by atoms with E-state index < -0.39 is 13.0 Å². The summed E-state index contributed by atoms with van der Waals surface area (Å²) < 4.78 is 10.4. The van der Waals surface area contributed by atoms with Crippen molar-refractivity contribution in [2.75, 3.05) is 6.16 Å². The molecule has 0 spiro atoms. The second-order valence-corrected chi connectivity index (χ2v) is 5.94. The van der Waals surface area contributed by atoms with Crippen LogP contribution in [0.2, 0.25) is 0 Å². The molecule has 4 nitrogen and oxygen atoms in total. The van der Waals surface area contributed by atoms with Crippen molar-refractivity contribution in [1.82, 2.24) is 0 Å². The van der Waals surface area contributed by atoms with E-state index in [-0.39, 0.29) is 24.8 Å².